The van der Waals surface area contributed by atoms with Crippen LogP contribution in [-0.2, 0) is 16.6 Å². The van der Waals surface area contributed by atoms with E-state index in [2.05, 4.69) is 19.9 Å². The van der Waals surface area contributed by atoms with Gasteiger partial charge in [0.1, 0.15) is 12.2 Å². The van der Waals surface area contributed by atoms with Crippen molar-refractivity contribution in [3.8, 4) is 0 Å². The smallest absolute Gasteiger partial charge is 0.279 e. The average molecular weight is 288 g/mol. The van der Waals surface area contributed by atoms with Crippen molar-refractivity contribution in [2.75, 3.05) is 26.2 Å². The molecule has 1 fully saturated rings. The largest absolute Gasteiger partial charge is 0.330 e. The second kappa shape index (κ2) is 6.42. The summed E-state index contributed by atoms with van der Waals surface area (Å²) in [5.41, 5.74) is 5.61. The highest BCUT2D eigenvalue weighted by molar-refractivity contribution is 7.87. The Labute approximate surface area is 113 Å². The molecular formula is C10H20N6O2S. The van der Waals surface area contributed by atoms with Gasteiger partial charge in [0.05, 0.1) is 0 Å². The van der Waals surface area contributed by atoms with Crippen LogP contribution in [0.4, 0.5) is 0 Å². The number of H-pyrrole nitrogens is 1. The lowest BCUT2D eigenvalue weighted by Crippen LogP contribution is -2.47. The first-order valence-corrected chi connectivity index (χ1v) is 7.85. The van der Waals surface area contributed by atoms with E-state index in [1.807, 2.05) is 0 Å². The van der Waals surface area contributed by atoms with E-state index in [1.165, 1.54) is 10.6 Å². The minimum absolute atomic E-state index is 0.264. The Balaban J connectivity index is 1.83. The first kappa shape index (κ1) is 14.4. The van der Waals surface area contributed by atoms with Crippen molar-refractivity contribution in [2.45, 2.75) is 19.3 Å². The van der Waals surface area contributed by atoms with Gasteiger partial charge in [-0.25, -0.2) is 9.71 Å². The van der Waals surface area contributed by atoms with Gasteiger partial charge >= 0.3 is 0 Å². The van der Waals surface area contributed by atoms with Crippen LogP contribution in [-0.4, -0.2) is 54.1 Å². The fourth-order valence-electron chi connectivity index (χ4n) is 2.18. The molecule has 19 heavy (non-hydrogen) atoms. The van der Waals surface area contributed by atoms with Crippen LogP contribution in [0.25, 0.3) is 0 Å². The minimum Gasteiger partial charge on any atom is -0.330 e. The molecule has 1 atom stereocenters. The van der Waals surface area contributed by atoms with Gasteiger partial charge in [0.25, 0.3) is 10.2 Å². The highest BCUT2D eigenvalue weighted by Gasteiger charge is 2.27. The van der Waals surface area contributed by atoms with Crippen molar-refractivity contribution in [2.24, 2.45) is 11.7 Å². The van der Waals surface area contributed by atoms with Gasteiger partial charge in [0, 0.05) is 26.1 Å². The molecule has 8 nitrogen and oxygen atoms in total. The maximum atomic E-state index is 12.1. The lowest BCUT2D eigenvalue weighted by molar-refractivity contribution is 0.269. The molecule has 0 aromatic carbocycles. The van der Waals surface area contributed by atoms with E-state index in [4.69, 9.17) is 5.73 Å². The summed E-state index contributed by atoms with van der Waals surface area (Å²) in [6.07, 6.45) is 3.76. The summed E-state index contributed by atoms with van der Waals surface area (Å²) in [5, 5.41) is 6.40. The summed E-state index contributed by atoms with van der Waals surface area (Å²) in [6, 6.07) is 0. The summed E-state index contributed by atoms with van der Waals surface area (Å²) in [4.78, 5) is 3.94. The highest BCUT2D eigenvalue weighted by Crippen LogP contribution is 2.17. The number of aromatic nitrogens is 3. The molecule has 4 N–H and O–H groups in total. The molecule has 1 aliphatic rings. The number of aromatic amines is 1. The lowest BCUT2D eigenvalue weighted by Gasteiger charge is -2.31. The molecule has 108 valence electrons. The number of nitrogens with zero attached hydrogens (tertiary/aromatic N) is 3. The second-order valence-corrected chi connectivity index (χ2v) is 6.44. The molecule has 0 aliphatic carbocycles. The third-order valence-electron chi connectivity index (χ3n) is 3.27. The summed E-state index contributed by atoms with van der Waals surface area (Å²) >= 11 is 0. The van der Waals surface area contributed by atoms with Gasteiger partial charge in [0.2, 0.25) is 0 Å². The third kappa shape index (κ3) is 3.96. The molecule has 1 aromatic rings. The van der Waals surface area contributed by atoms with Crippen LogP contribution in [0.3, 0.4) is 0 Å². The van der Waals surface area contributed by atoms with E-state index in [0.29, 0.717) is 38.4 Å². The molecule has 0 amide bonds. The first-order valence-electron chi connectivity index (χ1n) is 6.41. The fraction of sp³-hybridized carbons (Fsp3) is 0.800. The van der Waals surface area contributed by atoms with E-state index in [0.717, 1.165) is 12.8 Å². The predicted molar refractivity (Wildman–Crippen MR) is 70.4 cm³/mol. The van der Waals surface area contributed by atoms with Crippen molar-refractivity contribution < 1.29 is 8.42 Å². The number of piperidine rings is 1. The van der Waals surface area contributed by atoms with Crippen molar-refractivity contribution >= 4 is 10.2 Å². The van der Waals surface area contributed by atoms with Crippen LogP contribution >= 0.6 is 0 Å². The third-order valence-corrected chi connectivity index (χ3v) is 4.85. The summed E-state index contributed by atoms with van der Waals surface area (Å²) in [7, 11) is -3.41. The Kier molecular flexibility index (Phi) is 4.86. The van der Waals surface area contributed by atoms with E-state index >= 15 is 0 Å². The Hall–Kier alpha value is -1.03. The van der Waals surface area contributed by atoms with Gasteiger partial charge in [-0.3, -0.25) is 5.10 Å². The van der Waals surface area contributed by atoms with Crippen LogP contribution < -0.4 is 10.5 Å². The molecule has 1 aromatic heterocycles. The zero-order valence-corrected chi connectivity index (χ0v) is 11.6. The van der Waals surface area contributed by atoms with Crippen LogP contribution in [0.2, 0.25) is 0 Å². The first-order chi connectivity index (χ1) is 9.12. The summed E-state index contributed by atoms with van der Waals surface area (Å²) in [5.74, 6) is 0.931. The molecule has 0 spiro atoms. The molecule has 2 heterocycles. The molecule has 0 saturated carbocycles. The zero-order valence-electron chi connectivity index (χ0n) is 10.7. The molecule has 9 heteroatoms. The Morgan fingerprint density at radius 3 is 3.11 bits per heavy atom. The predicted octanol–water partition coefficient (Wildman–Crippen LogP) is -1.15. The number of hydrogen-bond acceptors (Lipinski definition) is 5. The van der Waals surface area contributed by atoms with E-state index in [-0.39, 0.29) is 5.92 Å². The quantitative estimate of drug-likeness (QED) is 0.611. The van der Waals surface area contributed by atoms with Crippen molar-refractivity contribution in [3.05, 3.63) is 12.2 Å². The van der Waals surface area contributed by atoms with Gasteiger partial charge < -0.3 is 5.73 Å². The summed E-state index contributed by atoms with van der Waals surface area (Å²) in [6.45, 7) is 1.91. The molecule has 1 unspecified atom stereocenters. The SMILES string of the molecule is NCC1CCCN(S(=O)(=O)NCCc2ncn[nH]2)C1. The zero-order chi connectivity index (χ0) is 13.7. The number of hydrogen-bond donors (Lipinski definition) is 3. The molecule has 1 saturated heterocycles. The van der Waals surface area contributed by atoms with Crippen molar-refractivity contribution in [3.63, 3.8) is 0 Å². The average Bonchev–Trinajstić information content (AvgIpc) is 2.92. The fourth-order valence-corrected chi connectivity index (χ4v) is 3.50. The lowest BCUT2D eigenvalue weighted by atomic mass is 10.0. The number of rotatable bonds is 6. The maximum absolute atomic E-state index is 12.1. The van der Waals surface area contributed by atoms with Crippen molar-refractivity contribution in [1.29, 1.82) is 0 Å². The highest BCUT2D eigenvalue weighted by atomic mass is 32.2. The second-order valence-electron chi connectivity index (χ2n) is 4.68. The molecule has 0 bridgehead atoms. The van der Waals surface area contributed by atoms with Gasteiger partial charge in [-0.05, 0) is 25.3 Å². The molecule has 1 aliphatic heterocycles. The van der Waals surface area contributed by atoms with Crippen LogP contribution in [0.15, 0.2) is 6.33 Å². The molecular weight excluding hydrogens is 268 g/mol. The van der Waals surface area contributed by atoms with E-state index < -0.39 is 10.2 Å². The minimum atomic E-state index is -3.41. The molecule has 2 rings (SSSR count). The number of nitrogens with one attached hydrogen (secondary N) is 2. The van der Waals surface area contributed by atoms with Gasteiger partial charge in [0.15, 0.2) is 0 Å². The number of nitrogens with two attached hydrogens (primary N) is 1. The van der Waals surface area contributed by atoms with Gasteiger partial charge in [-0.1, -0.05) is 0 Å². The van der Waals surface area contributed by atoms with Gasteiger partial charge in [-0.2, -0.15) is 17.8 Å². The maximum Gasteiger partial charge on any atom is 0.279 e. The summed E-state index contributed by atoms with van der Waals surface area (Å²) < 4.78 is 28.3. The van der Waals surface area contributed by atoms with E-state index in [1.54, 1.807) is 0 Å². The monoisotopic (exact) mass is 288 g/mol. The van der Waals surface area contributed by atoms with E-state index in [9.17, 15) is 8.42 Å². The van der Waals surface area contributed by atoms with Crippen LogP contribution in [0, 0.1) is 5.92 Å². The van der Waals surface area contributed by atoms with Crippen LogP contribution in [0.5, 0.6) is 0 Å². The van der Waals surface area contributed by atoms with Crippen molar-refractivity contribution in [1.82, 2.24) is 24.2 Å². The topological polar surface area (TPSA) is 117 Å². The Morgan fingerprint density at radius 1 is 1.58 bits per heavy atom. The molecule has 0 radical (unpaired) electrons. The standard InChI is InChI=1S/C10H20N6O2S/c11-6-9-2-1-5-16(7-9)19(17,18)14-4-3-10-12-8-13-15-10/h8-9,14H,1-7,11H2,(H,12,13,15). The Bertz CT molecular complexity index is 474. The normalized spacial score (nSPS) is 21.6. The Morgan fingerprint density at radius 2 is 2.42 bits per heavy atom. The van der Waals surface area contributed by atoms with Gasteiger partial charge in [-0.15, -0.1) is 0 Å². The van der Waals surface area contributed by atoms with Crippen LogP contribution in [0.1, 0.15) is 18.7 Å².